The first-order chi connectivity index (χ1) is 11.8. The summed E-state index contributed by atoms with van der Waals surface area (Å²) in [6.07, 6.45) is 3.37. The monoisotopic (exact) mass is 468 g/mol. The number of halogens is 1. The molecule has 0 spiro atoms. The zero-order valence-corrected chi connectivity index (χ0v) is 17.9. The normalized spacial score (nSPS) is 14.7. The van der Waals surface area contributed by atoms with Crippen molar-refractivity contribution in [2.24, 2.45) is 4.99 Å². The maximum Gasteiger partial charge on any atom is 0.194 e. The molecule has 0 amide bonds. The first-order valence-corrected chi connectivity index (χ1v) is 9.32. The van der Waals surface area contributed by atoms with Crippen LogP contribution in [0.4, 0.5) is 0 Å². The second-order valence-corrected chi connectivity index (χ2v) is 6.76. The molecular formula is C19H25IN4S. The van der Waals surface area contributed by atoms with Crippen molar-refractivity contribution in [3.05, 3.63) is 58.1 Å². The highest BCUT2D eigenvalue weighted by molar-refractivity contribution is 14.0. The molecule has 6 heteroatoms. The van der Waals surface area contributed by atoms with E-state index in [1.54, 1.807) is 11.3 Å². The molecule has 0 radical (unpaired) electrons. The predicted molar refractivity (Wildman–Crippen MR) is 118 cm³/mol. The van der Waals surface area contributed by atoms with E-state index in [0.717, 1.165) is 37.7 Å². The molecule has 0 saturated carbocycles. The molecule has 0 bridgehead atoms. The molecule has 0 unspecified atom stereocenters. The van der Waals surface area contributed by atoms with Gasteiger partial charge >= 0.3 is 0 Å². The number of aromatic nitrogens is 1. The minimum absolute atomic E-state index is 0. The zero-order chi connectivity index (χ0) is 16.8. The number of nitrogens with one attached hydrogen (secondary N) is 1. The number of benzene rings is 1. The van der Waals surface area contributed by atoms with Crippen molar-refractivity contribution in [1.29, 1.82) is 0 Å². The maximum atomic E-state index is 4.81. The summed E-state index contributed by atoms with van der Waals surface area (Å²) in [7, 11) is 0. The first-order valence-electron chi connectivity index (χ1n) is 8.44. The lowest BCUT2D eigenvalue weighted by Crippen LogP contribution is -2.43. The van der Waals surface area contributed by atoms with Gasteiger partial charge in [0.15, 0.2) is 5.96 Å². The number of nitrogens with zero attached hydrogens (tertiary/aromatic N) is 3. The van der Waals surface area contributed by atoms with Crippen LogP contribution in [0.25, 0.3) is 5.57 Å². The van der Waals surface area contributed by atoms with E-state index in [-0.39, 0.29) is 24.0 Å². The second-order valence-electron chi connectivity index (χ2n) is 5.82. The Kier molecular flexibility index (Phi) is 7.90. The summed E-state index contributed by atoms with van der Waals surface area (Å²) < 4.78 is 0. The molecule has 25 heavy (non-hydrogen) atoms. The molecule has 1 aliphatic rings. The summed E-state index contributed by atoms with van der Waals surface area (Å²) in [4.78, 5) is 12.7. The fourth-order valence-corrected chi connectivity index (χ4v) is 3.53. The molecule has 2 heterocycles. The molecule has 1 N–H and O–H groups in total. The summed E-state index contributed by atoms with van der Waals surface area (Å²) in [5.41, 5.74) is 5.74. The molecule has 0 saturated heterocycles. The highest BCUT2D eigenvalue weighted by Crippen LogP contribution is 2.22. The molecule has 2 aromatic rings. The average Bonchev–Trinajstić information content (AvgIpc) is 3.04. The van der Waals surface area contributed by atoms with Gasteiger partial charge < -0.3 is 10.2 Å². The van der Waals surface area contributed by atoms with Crippen molar-refractivity contribution >= 4 is 46.8 Å². The van der Waals surface area contributed by atoms with Crippen molar-refractivity contribution in [2.75, 3.05) is 19.6 Å². The van der Waals surface area contributed by atoms with Crippen LogP contribution in [0.2, 0.25) is 0 Å². The summed E-state index contributed by atoms with van der Waals surface area (Å²) in [6.45, 7) is 7.63. The van der Waals surface area contributed by atoms with Gasteiger partial charge in [0.05, 0.1) is 17.7 Å². The average molecular weight is 468 g/mol. The number of hydrogen-bond donors (Lipinski definition) is 1. The Hall–Kier alpha value is -1.41. The molecular weight excluding hydrogens is 443 g/mol. The highest BCUT2D eigenvalue weighted by atomic mass is 127. The number of aryl methyl sites for hydroxylation is 1. The van der Waals surface area contributed by atoms with Gasteiger partial charge in [0.25, 0.3) is 0 Å². The van der Waals surface area contributed by atoms with Gasteiger partial charge in [0, 0.05) is 24.5 Å². The fourth-order valence-electron chi connectivity index (χ4n) is 2.83. The summed E-state index contributed by atoms with van der Waals surface area (Å²) in [5, 5.41) is 3.42. The molecule has 4 nitrogen and oxygen atoms in total. The third kappa shape index (κ3) is 5.28. The van der Waals surface area contributed by atoms with Crippen LogP contribution in [0.5, 0.6) is 0 Å². The molecule has 0 aliphatic carbocycles. The lowest BCUT2D eigenvalue weighted by atomic mass is 10.00. The van der Waals surface area contributed by atoms with E-state index in [1.165, 1.54) is 16.0 Å². The van der Waals surface area contributed by atoms with Gasteiger partial charge in [-0.25, -0.2) is 9.98 Å². The van der Waals surface area contributed by atoms with Crippen molar-refractivity contribution in [2.45, 2.75) is 26.8 Å². The van der Waals surface area contributed by atoms with Gasteiger partial charge in [0.2, 0.25) is 0 Å². The van der Waals surface area contributed by atoms with Crippen molar-refractivity contribution < 1.29 is 0 Å². The van der Waals surface area contributed by atoms with Gasteiger partial charge in [-0.3, -0.25) is 0 Å². The quantitative estimate of drug-likeness (QED) is 0.413. The number of thiazole rings is 1. The van der Waals surface area contributed by atoms with Crippen LogP contribution in [0.15, 0.2) is 46.9 Å². The van der Waals surface area contributed by atoms with Crippen molar-refractivity contribution in [3.8, 4) is 0 Å². The van der Waals surface area contributed by atoms with Gasteiger partial charge in [-0.05, 0) is 31.4 Å². The van der Waals surface area contributed by atoms with Crippen LogP contribution in [-0.2, 0) is 6.54 Å². The Bertz CT molecular complexity index is 724. The third-order valence-corrected chi connectivity index (χ3v) is 5.13. The number of aliphatic imine (C=N–C) groups is 1. The molecule has 1 aliphatic heterocycles. The highest BCUT2D eigenvalue weighted by Gasteiger charge is 2.16. The minimum Gasteiger partial charge on any atom is -0.356 e. The predicted octanol–water partition coefficient (Wildman–Crippen LogP) is 4.32. The molecule has 134 valence electrons. The fraction of sp³-hybridized carbons (Fsp3) is 0.368. The Morgan fingerprint density at radius 2 is 2.12 bits per heavy atom. The van der Waals surface area contributed by atoms with E-state index in [1.807, 2.05) is 12.4 Å². The van der Waals surface area contributed by atoms with Crippen LogP contribution in [0.1, 0.15) is 29.5 Å². The van der Waals surface area contributed by atoms with Crippen LogP contribution in [0.3, 0.4) is 0 Å². The smallest absolute Gasteiger partial charge is 0.194 e. The van der Waals surface area contributed by atoms with Gasteiger partial charge in [0.1, 0.15) is 0 Å². The maximum absolute atomic E-state index is 4.81. The van der Waals surface area contributed by atoms with E-state index in [9.17, 15) is 0 Å². The summed E-state index contributed by atoms with van der Waals surface area (Å²) in [5.74, 6) is 0.994. The molecule has 0 atom stereocenters. The topological polar surface area (TPSA) is 40.5 Å². The Morgan fingerprint density at radius 3 is 2.72 bits per heavy atom. The van der Waals surface area contributed by atoms with Gasteiger partial charge in [-0.1, -0.05) is 36.4 Å². The van der Waals surface area contributed by atoms with Crippen LogP contribution in [-0.4, -0.2) is 35.5 Å². The summed E-state index contributed by atoms with van der Waals surface area (Å²) in [6, 6.07) is 10.6. The Morgan fingerprint density at radius 1 is 1.32 bits per heavy atom. The van der Waals surface area contributed by atoms with Gasteiger partial charge in [-0.15, -0.1) is 35.3 Å². The molecule has 0 fully saturated rings. The minimum atomic E-state index is 0. The second kappa shape index (κ2) is 9.91. The SMILES string of the molecule is CCNC(=NCc1scnc1C)N1CC=C(c2ccccc2)CC1.I. The van der Waals surface area contributed by atoms with E-state index in [2.05, 4.69) is 58.5 Å². The molecule has 3 rings (SSSR count). The van der Waals surface area contributed by atoms with Gasteiger partial charge in [-0.2, -0.15) is 0 Å². The van der Waals surface area contributed by atoms with E-state index < -0.39 is 0 Å². The lowest BCUT2D eigenvalue weighted by Gasteiger charge is -2.29. The first kappa shape index (κ1) is 19.9. The van der Waals surface area contributed by atoms with Crippen molar-refractivity contribution in [1.82, 2.24) is 15.2 Å². The number of rotatable bonds is 4. The largest absolute Gasteiger partial charge is 0.356 e. The van der Waals surface area contributed by atoms with E-state index in [4.69, 9.17) is 4.99 Å². The van der Waals surface area contributed by atoms with Crippen molar-refractivity contribution in [3.63, 3.8) is 0 Å². The van der Waals surface area contributed by atoms with Crippen LogP contribution in [0, 0.1) is 6.92 Å². The Labute approximate surface area is 171 Å². The van der Waals surface area contributed by atoms with E-state index >= 15 is 0 Å². The van der Waals surface area contributed by atoms with Crippen LogP contribution < -0.4 is 5.32 Å². The van der Waals surface area contributed by atoms with Crippen LogP contribution >= 0.6 is 35.3 Å². The summed E-state index contributed by atoms with van der Waals surface area (Å²) >= 11 is 1.68. The lowest BCUT2D eigenvalue weighted by molar-refractivity contribution is 0.440. The third-order valence-electron chi connectivity index (χ3n) is 4.21. The number of hydrogen-bond acceptors (Lipinski definition) is 3. The standard InChI is InChI=1S/C19H24N4S.HI/c1-3-20-19(21-13-18-15(2)22-14-24-18)23-11-9-17(10-12-23)16-7-5-4-6-8-16;/h4-9,14H,3,10-13H2,1-2H3,(H,20,21);1H. The Balaban J connectivity index is 0.00000225. The van der Waals surface area contributed by atoms with E-state index in [0.29, 0.717) is 6.54 Å². The molecule has 1 aromatic carbocycles. The number of guanidine groups is 1. The zero-order valence-electron chi connectivity index (χ0n) is 14.7. The molecule has 1 aromatic heterocycles.